The Balaban J connectivity index is 1.64. The molecule has 2 N–H and O–H groups in total. The lowest BCUT2D eigenvalue weighted by Gasteiger charge is -2.11. The van der Waals surface area contributed by atoms with Gasteiger partial charge in [-0.1, -0.05) is 24.3 Å². The molecule has 3 rings (SSSR count). The van der Waals surface area contributed by atoms with Gasteiger partial charge in [-0.15, -0.1) is 0 Å². The first kappa shape index (κ1) is 16.4. The van der Waals surface area contributed by atoms with Gasteiger partial charge in [0.2, 0.25) is 0 Å². The zero-order valence-corrected chi connectivity index (χ0v) is 13.8. The number of amides is 2. The normalized spacial score (nSPS) is 19.6. The zero-order valence-electron chi connectivity index (χ0n) is 13.0. The van der Waals surface area contributed by atoms with Crippen molar-refractivity contribution in [3.05, 3.63) is 59.9 Å². The van der Waals surface area contributed by atoms with Gasteiger partial charge in [-0.05, 0) is 36.2 Å². The Hall–Kier alpha value is -2.41. The molecule has 1 aliphatic rings. The Morgan fingerprint density at radius 1 is 1.17 bits per heavy atom. The second-order valence-corrected chi connectivity index (χ2v) is 7.85. The van der Waals surface area contributed by atoms with Crippen molar-refractivity contribution in [1.29, 1.82) is 0 Å². The fraction of sp³-hybridized carbons (Fsp3) is 0.235. The molecule has 0 unspecified atom stereocenters. The van der Waals surface area contributed by atoms with Crippen LogP contribution in [-0.4, -0.2) is 26.7 Å². The molecule has 0 heterocycles. The van der Waals surface area contributed by atoms with E-state index in [1.165, 1.54) is 24.3 Å². The Morgan fingerprint density at radius 2 is 1.92 bits per heavy atom. The van der Waals surface area contributed by atoms with Gasteiger partial charge in [-0.2, -0.15) is 0 Å². The van der Waals surface area contributed by atoms with Crippen LogP contribution in [0.3, 0.4) is 0 Å². The standard InChI is InChI=1S/C17H17FN2O3S/c1-24(22,23)16-8-3-2-7-14(16)19-17(21)20-15-10-13(15)11-5-4-6-12(18)9-11/h2-9,13,15H,10H2,1H3,(H2,19,20,21)/t13-,15+/m0/s1. The van der Waals surface area contributed by atoms with Crippen LogP contribution in [0.15, 0.2) is 53.4 Å². The number of carbonyl (C=O) groups is 1. The lowest BCUT2D eigenvalue weighted by molar-refractivity contribution is 0.251. The Bertz CT molecular complexity index is 883. The van der Waals surface area contributed by atoms with Crippen LogP contribution in [0.4, 0.5) is 14.9 Å². The summed E-state index contributed by atoms with van der Waals surface area (Å²) < 4.78 is 36.7. The van der Waals surface area contributed by atoms with Crippen LogP contribution in [0.5, 0.6) is 0 Å². The molecule has 2 aromatic carbocycles. The highest BCUT2D eigenvalue weighted by atomic mass is 32.2. The van der Waals surface area contributed by atoms with Crippen molar-refractivity contribution in [2.24, 2.45) is 0 Å². The van der Waals surface area contributed by atoms with Crippen LogP contribution in [0.25, 0.3) is 0 Å². The van der Waals surface area contributed by atoms with Crippen molar-refractivity contribution < 1.29 is 17.6 Å². The summed E-state index contributed by atoms with van der Waals surface area (Å²) in [5.41, 5.74) is 1.08. The van der Waals surface area contributed by atoms with Crippen LogP contribution < -0.4 is 10.6 Å². The van der Waals surface area contributed by atoms with Crippen molar-refractivity contribution in [3.63, 3.8) is 0 Å². The third-order valence-corrected chi connectivity index (χ3v) is 5.07. The van der Waals surface area contributed by atoms with Gasteiger partial charge < -0.3 is 10.6 Å². The van der Waals surface area contributed by atoms with Gasteiger partial charge in [-0.3, -0.25) is 0 Å². The summed E-state index contributed by atoms with van der Waals surface area (Å²) in [6.07, 6.45) is 1.82. The number of sulfone groups is 1. The van der Waals surface area contributed by atoms with E-state index in [1.807, 2.05) is 6.07 Å². The number of urea groups is 1. The van der Waals surface area contributed by atoms with E-state index < -0.39 is 15.9 Å². The summed E-state index contributed by atoms with van der Waals surface area (Å²) in [6.45, 7) is 0. The number of nitrogens with one attached hydrogen (secondary N) is 2. The minimum atomic E-state index is -3.43. The molecule has 1 fully saturated rings. The number of para-hydroxylation sites is 1. The van der Waals surface area contributed by atoms with Crippen LogP contribution >= 0.6 is 0 Å². The van der Waals surface area contributed by atoms with Crippen LogP contribution in [-0.2, 0) is 9.84 Å². The predicted molar refractivity (Wildman–Crippen MR) is 89.3 cm³/mol. The molecule has 2 atom stereocenters. The van der Waals surface area contributed by atoms with Crippen molar-refractivity contribution in [1.82, 2.24) is 5.32 Å². The molecule has 5 nitrogen and oxygen atoms in total. The number of hydrogen-bond donors (Lipinski definition) is 2. The number of rotatable bonds is 4. The second kappa shape index (κ2) is 6.24. The first-order valence-corrected chi connectivity index (χ1v) is 9.36. The largest absolute Gasteiger partial charge is 0.334 e. The molecule has 7 heteroatoms. The number of anilines is 1. The average Bonchev–Trinajstić information content (AvgIpc) is 3.25. The highest BCUT2D eigenvalue weighted by Gasteiger charge is 2.39. The molecule has 0 saturated heterocycles. The molecular weight excluding hydrogens is 331 g/mol. The third-order valence-electron chi connectivity index (χ3n) is 3.92. The minimum Gasteiger partial charge on any atom is -0.334 e. The molecule has 24 heavy (non-hydrogen) atoms. The van der Waals surface area contributed by atoms with Gasteiger partial charge in [-0.25, -0.2) is 17.6 Å². The van der Waals surface area contributed by atoms with Crippen molar-refractivity contribution >= 4 is 21.6 Å². The first-order valence-electron chi connectivity index (χ1n) is 7.46. The summed E-state index contributed by atoms with van der Waals surface area (Å²) in [5, 5.41) is 5.35. The fourth-order valence-electron chi connectivity index (χ4n) is 2.68. The van der Waals surface area contributed by atoms with Gasteiger partial charge in [0.25, 0.3) is 0 Å². The van der Waals surface area contributed by atoms with Gasteiger partial charge in [0.15, 0.2) is 9.84 Å². The number of hydrogen-bond acceptors (Lipinski definition) is 3. The summed E-state index contributed by atoms with van der Waals surface area (Å²) in [5.74, 6) is -0.221. The molecule has 0 aromatic heterocycles. The quantitative estimate of drug-likeness (QED) is 0.892. The van der Waals surface area contributed by atoms with Crippen molar-refractivity contribution in [2.45, 2.75) is 23.3 Å². The minimum absolute atomic E-state index is 0.0672. The summed E-state index contributed by atoms with van der Waals surface area (Å²) in [6, 6.07) is 12.0. The van der Waals surface area contributed by atoms with E-state index in [9.17, 15) is 17.6 Å². The van der Waals surface area contributed by atoms with Gasteiger partial charge in [0.05, 0.1) is 10.6 Å². The number of carbonyl (C=O) groups excluding carboxylic acids is 1. The zero-order chi connectivity index (χ0) is 17.3. The SMILES string of the molecule is CS(=O)(=O)c1ccccc1NC(=O)N[C@@H]1C[C@H]1c1cccc(F)c1. The van der Waals surface area contributed by atoms with E-state index in [4.69, 9.17) is 0 Å². The molecule has 2 amide bonds. The maximum atomic E-state index is 13.2. The molecule has 0 radical (unpaired) electrons. The van der Waals surface area contributed by atoms with Crippen molar-refractivity contribution in [2.75, 3.05) is 11.6 Å². The third kappa shape index (κ3) is 3.73. The molecule has 0 spiro atoms. The second-order valence-electron chi connectivity index (χ2n) is 5.87. The maximum absolute atomic E-state index is 13.2. The first-order chi connectivity index (χ1) is 11.3. The lowest BCUT2D eigenvalue weighted by atomic mass is 10.1. The molecule has 1 saturated carbocycles. The Morgan fingerprint density at radius 3 is 2.62 bits per heavy atom. The fourth-order valence-corrected chi connectivity index (χ4v) is 3.52. The highest BCUT2D eigenvalue weighted by Crippen LogP contribution is 2.40. The number of halogens is 1. The van der Waals surface area contributed by atoms with E-state index in [0.717, 1.165) is 18.2 Å². The Labute approximate surface area is 139 Å². The van der Waals surface area contributed by atoms with Gasteiger partial charge >= 0.3 is 6.03 Å². The van der Waals surface area contributed by atoms with E-state index in [2.05, 4.69) is 10.6 Å². The van der Waals surface area contributed by atoms with E-state index in [1.54, 1.807) is 18.2 Å². The van der Waals surface area contributed by atoms with E-state index >= 15 is 0 Å². The molecule has 1 aliphatic carbocycles. The molecule has 0 bridgehead atoms. The molecule has 2 aromatic rings. The summed E-state index contributed by atoms with van der Waals surface area (Å²) in [7, 11) is -3.43. The smallest absolute Gasteiger partial charge is 0.319 e. The molecule has 0 aliphatic heterocycles. The van der Waals surface area contributed by atoms with Gasteiger partial charge in [0.1, 0.15) is 5.82 Å². The topological polar surface area (TPSA) is 75.3 Å². The predicted octanol–water partition coefficient (Wildman–Crippen LogP) is 2.91. The van der Waals surface area contributed by atoms with E-state index in [-0.39, 0.29) is 28.4 Å². The highest BCUT2D eigenvalue weighted by molar-refractivity contribution is 7.90. The monoisotopic (exact) mass is 348 g/mol. The molecule has 126 valence electrons. The van der Waals surface area contributed by atoms with Gasteiger partial charge in [0, 0.05) is 18.2 Å². The van der Waals surface area contributed by atoms with Crippen LogP contribution in [0.2, 0.25) is 0 Å². The Kier molecular flexibility index (Phi) is 4.28. The maximum Gasteiger partial charge on any atom is 0.319 e. The molecular formula is C17H17FN2O3S. The average molecular weight is 348 g/mol. The summed E-state index contributed by atoms with van der Waals surface area (Å²) >= 11 is 0. The van der Waals surface area contributed by atoms with E-state index in [0.29, 0.717) is 0 Å². The number of benzene rings is 2. The van der Waals surface area contributed by atoms with Crippen LogP contribution in [0.1, 0.15) is 17.9 Å². The van der Waals surface area contributed by atoms with Crippen molar-refractivity contribution in [3.8, 4) is 0 Å². The lowest BCUT2D eigenvalue weighted by Crippen LogP contribution is -2.31. The summed E-state index contributed by atoms with van der Waals surface area (Å²) in [4.78, 5) is 12.2. The van der Waals surface area contributed by atoms with Crippen LogP contribution in [0, 0.1) is 5.82 Å².